The molecular weight excluding hydrogens is 202 g/mol. The van der Waals surface area contributed by atoms with E-state index >= 15 is 0 Å². The van der Waals surface area contributed by atoms with Gasteiger partial charge in [0.2, 0.25) is 0 Å². The van der Waals surface area contributed by atoms with Crippen molar-refractivity contribution in [3.63, 3.8) is 0 Å². The van der Waals surface area contributed by atoms with Crippen LogP contribution in [0.1, 0.15) is 36.3 Å². The van der Waals surface area contributed by atoms with Crippen LogP contribution in [0.25, 0.3) is 0 Å². The summed E-state index contributed by atoms with van der Waals surface area (Å²) in [5, 5.41) is 3.43. The van der Waals surface area contributed by atoms with E-state index in [4.69, 9.17) is 0 Å². The minimum absolute atomic E-state index is 0.0931. The van der Waals surface area contributed by atoms with Crippen molar-refractivity contribution in [2.45, 2.75) is 44.6 Å². The van der Waals surface area contributed by atoms with Crippen molar-refractivity contribution in [2.24, 2.45) is 0 Å². The van der Waals surface area contributed by atoms with Crippen LogP contribution >= 0.6 is 0 Å². The van der Waals surface area contributed by atoms with Gasteiger partial charge in [0.25, 0.3) is 5.56 Å². The molecule has 1 atom stereocenters. The van der Waals surface area contributed by atoms with Gasteiger partial charge in [-0.2, -0.15) is 0 Å². The van der Waals surface area contributed by atoms with Crippen LogP contribution in [0.15, 0.2) is 4.79 Å². The first kappa shape index (κ1) is 10.0. The number of hydrogen-bond donors (Lipinski definition) is 2. The summed E-state index contributed by atoms with van der Waals surface area (Å²) in [6.07, 6.45) is 6.25. The monoisotopic (exact) mass is 219 g/mol. The fourth-order valence-corrected chi connectivity index (χ4v) is 2.75. The first-order valence-corrected chi connectivity index (χ1v) is 6.17. The zero-order chi connectivity index (χ0) is 11.0. The Bertz CT molecular complexity index is 446. The van der Waals surface area contributed by atoms with Crippen LogP contribution in [0.3, 0.4) is 0 Å². The lowest BCUT2D eigenvalue weighted by atomic mass is 10.1. The highest BCUT2D eigenvalue weighted by Gasteiger charge is 2.20. The van der Waals surface area contributed by atoms with Crippen LogP contribution < -0.4 is 10.9 Å². The average Bonchev–Trinajstić information content (AvgIpc) is 2.87. The molecule has 3 rings (SSSR count). The first-order valence-electron chi connectivity index (χ1n) is 6.17. The molecule has 1 unspecified atom stereocenters. The van der Waals surface area contributed by atoms with Gasteiger partial charge in [0.05, 0.1) is 5.69 Å². The van der Waals surface area contributed by atoms with Crippen LogP contribution in [-0.4, -0.2) is 22.6 Å². The number of aromatic nitrogens is 2. The fraction of sp³-hybridized carbons (Fsp3) is 0.667. The van der Waals surface area contributed by atoms with E-state index in [2.05, 4.69) is 15.3 Å². The molecule has 4 nitrogen and oxygen atoms in total. The standard InChI is InChI=1S/C12H17N3O/c16-12-9-4-1-5-10(9)14-11(15-12)7-8-3-2-6-13-8/h8,13H,1-7H2,(H,14,15,16). The molecule has 0 spiro atoms. The van der Waals surface area contributed by atoms with Crippen LogP contribution in [0.2, 0.25) is 0 Å². The van der Waals surface area contributed by atoms with Crippen molar-refractivity contribution in [2.75, 3.05) is 6.54 Å². The summed E-state index contributed by atoms with van der Waals surface area (Å²) >= 11 is 0. The molecule has 2 heterocycles. The summed E-state index contributed by atoms with van der Waals surface area (Å²) < 4.78 is 0. The van der Waals surface area contributed by atoms with Crippen LogP contribution in [0.5, 0.6) is 0 Å². The Morgan fingerprint density at radius 2 is 2.25 bits per heavy atom. The van der Waals surface area contributed by atoms with Gasteiger partial charge in [-0.1, -0.05) is 0 Å². The molecule has 0 bridgehead atoms. The summed E-state index contributed by atoms with van der Waals surface area (Å²) in [6, 6.07) is 0.502. The van der Waals surface area contributed by atoms with Crippen LogP contribution in [0, 0.1) is 0 Å². The quantitative estimate of drug-likeness (QED) is 0.764. The number of hydrogen-bond acceptors (Lipinski definition) is 3. The summed E-state index contributed by atoms with van der Waals surface area (Å²) in [4.78, 5) is 19.3. The Labute approximate surface area is 94.5 Å². The lowest BCUT2D eigenvalue weighted by Crippen LogP contribution is -2.27. The molecule has 1 aromatic rings. The molecule has 0 amide bonds. The summed E-state index contributed by atoms with van der Waals surface area (Å²) in [7, 11) is 0. The summed E-state index contributed by atoms with van der Waals surface area (Å²) in [5.41, 5.74) is 2.05. The van der Waals surface area contributed by atoms with Gasteiger partial charge in [-0.05, 0) is 38.6 Å². The van der Waals surface area contributed by atoms with Crippen LogP contribution in [-0.2, 0) is 19.3 Å². The molecule has 86 valence electrons. The summed E-state index contributed by atoms with van der Waals surface area (Å²) in [6.45, 7) is 1.10. The second-order valence-electron chi connectivity index (χ2n) is 4.79. The lowest BCUT2D eigenvalue weighted by molar-refractivity contribution is 0.582. The molecule has 1 aliphatic carbocycles. The number of nitrogens with zero attached hydrogens (tertiary/aromatic N) is 1. The van der Waals surface area contributed by atoms with E-state index in [1.165, 1.54) is 12.8 Å². The van der Waals surface area contributed by atoms with E-state index in [0.717, 1.165) is 49.3 Å². The maximum absolute atomic E-state index is 11.8. The van der Waals surface area contributed by atoms with E-state index < -0.39 is 0 Å². The summed E-state index contributed by atoms with van der Waals surface area (Å²) in [5.74, 6) is 0.866. The van der Waals surface area contributed by atoms with E-state index in [0.29, 0.717) is 6.04 Å². The molecule has 1 aromatic heterocycles. The average molecular weight is 219 g/mol. The largest absolute Gasteiger partial charge is 0.314 e. The Kier molecular flexibility index (Phi) is 2.52. The van der Waals surface area contributed by atoms with E-state index in [1.54, 1.807) is 0 Å². The van der Waals surface area contributed by atoms with Crippen molar-refractivity contribution >= 4 is 0 Å². The maximum Gasteiger partial charge on any atom is 0.254 e. The molecule has 1 aliphatic heterocycles. The van der Waals surface area contributed by atoms with Gasteiger partial charge in [-0.25, -0.2) is 4.98 Å². The maximum atomic E-state index is 11.8. The molecule has 1 fully saturated rings. The van der Waals surface area contributed by atoms with Gasteiger partial charge in [0, 0.05) is 18.0 Å². The molecular formula is C12H17N3O. The van der Waals surface area contributed by atoms with Crippen molar-refractivity contribution in [1.82, 2.24) is 15.3 Å². The van der Waals surface area contributed by atoms with Gasteiger partial charge >= 0.3 is 0 Å². The molecule has 1 saturated heterocycles. The normalized spacial score (nSPS) is 23.6. The van der Waals surface area contributed by atoms with Gasteiger partial charge < -0.3 is 10.3 Å². The lowest BCUT2D eigenvalue weighted by Gasteiger charge is -2.09. The third-order valence-electron chi connectivity index (χ3n) is 3.59. The Balaban J connectivity index is 1.85. The minimum atomic E-state index is 0.0931. The van der Waals surface area contributed by atoms with Crippen molar-refractivity contribution in [1.29, 1.82) is 0 Å². The Morgan fingerprint density at radius 3 is 3.06 bits per heavy atom. The second kappa shape index (κ2) is 4.01. The highest BCUT2D eigenvalue weighted by atomic mass is 16.1. The van der Waals surface area contributed by atoms with E-state index in [9.17, 15) is 4.79 Å². The SMILES string of the molecule is O=c1[nH]c(CC2CCCN2)nc2c1CCC2. The smallest absolute Gasteiger partial charge is 0.254 e. The predicted octanol–water partition coefficient (Wildman–Crippen LogP) is 0.553. The number of H-pyrrole nitrogens is 1. The number of fused-ring (bicyclic) bond motifs is 1. The second-order valence-corrected chi connectivity index (χ2v) is 4.79. The Hall–Kier alpha value is -1.16. The molecule has 16 heavy (non-hydrogen) atoms. The molecule has 0 saturated carbocycles. The van der Waals surface area contributed by atoms with Crippen LogP contribution in [0.4, 0.5) is 0 Å². The number of aromatic amines is 1. The molecule has 0 aromatic carbocycles. The third-order valence-corrected chi connectivity index (χ3v) is 3.59. The highest BCUT2D eigenvalue weighted by molar-refractivity contribution is 5.22. The topological polar surface area (TPSA) is 57.8 Å². The Morgan fingerprint density at radius 1 is 1.31 bits per heavy atom. The van der Waals surface area contributed by atoms with Crippen molar-refractivity contribution < 1.29 is 0 Å². The van der Waals surface area contributed by atoms with Gasteiger partial charge in [0.15, 0.2) is 0 Å². The van der Waals surface area contributed by atoms with Crippen molar-refractivity contribution in [3.8, 4) is 0 Å². The number of nitrogens with one attached hydrogen (secondary N) is 2. The fourth-order valence-electron chi connectivity index (χ4n) is 2.75. The number of aryl methyl sites for hydroxylation is 1. The molecule has 4 heteroatoms. The molecule has 2 aliphatic rings. The first-order chi connectivity index (χ1) is 7.83. The third kappa shape index (κ3) is 1.78. The van der Waals surface area contributed by atoms with E-state index in [-0.39, 0.29) is 5.56 Å². The number of rotatable bonds is 2. The van der Waals surface area contributed by atoms with E-state index in [1.807, 2.05) is 0 Å². The molecule has 2 N–H and O–H groups in total. The predicted molar refractivity (Wildman–Crippen MR) is 61.6 cm³/mol. The molecule has 0 radical (unpaired) electrons. The van der Waals surface area contributed by atoms with Gasteiger partial charge in [0.1, 0.15) is 5.82 Å². The minimum Gasteiger partial charge on any atom is -0.314 e. The van der Waals surface area contributed by atoms with Gasteiger partial charge in [-0.15, -0.1) is 0 Å². The highest BCUT2D eigenvalue weighted by Crippen LogP contribution is 2.16. The van der Waals surface area contributed by atoms with Crippen molar-refractivity contribution in [3.05, 3.63) is 27.4 Å². The zero-order valence-electron chi connectivity index (χ0n) is 9.38. The zero-order valence-corrected chi connectivity index (χ0v) is 9.38. The van der Waals surface area contributed by atoms with Gasteiger partial charge in [-0.3, -0.25) is 4.79 Å².